The van der Waals surface area contributed by atoms with E-state index in [-0.39, 0.29) is 23.8 Å². The third kappa shape index (κ3) is 4.61. The van der Waals surface area contributed by atoms with Crippen LogP contribution < -0.4 is 15.1 Å². The van der Waals surface area contributed by atoms with Gasteiger partial charge in [-0.2, -0.15) is 0 Å². The van der Waals surface area contributed by atoms with E-state index in [1.54, 1.807) is 18.3 Å². The minimum Gasteiger partial charge on any atom is -0.354 e. The Balaban J connectivity index is 1.28. The van der Waals surface area contributed by atoms with Crippen LogP contribution in [0.4, 0.5) is 16.0 Å². The van der Waals surface area contributed by atoms with E-state index in [1.807, 2.05) is 47.8 Å². The number of anilines is 2. The molecule has 0 saturated carbocycles. The van der Waals surface area contributed by atoms with Gasteiger partial charge in [0.2, 0.25) is 5.91 Å². The summed E-state index contributed by atoms with van der Waals surface area (Å²) < 4.78 is 15.8. The van der Waals surface area contributed by atoms with Gasteiger partial charge in [0.05, 0.1) is 17.9 Å². The Hall–Kier alpha value is -4.01. The number of benzene rings is 1. The molecule has 1 N–H and O–H groups in total. The summed E-state index contributed by atoms with van der Waals surface area (Å²) >= 11 is 0. The van der Waals surface area contributed by atoms with Crippen molar-refractivity contribution in [3.05, 3.63) is 72.2 Å². The SMILES string of the molecule is CCC(=O)NC1CCN(c2cccc(-c3cnc4ccc(N5CCCC5c5cccc(F)c5)nn34)n2)C1. The summed E-state index contributed by atoms with van der Waals surface area (Å²) in [5.41, 5.74) is 3.32. The van der Waals surface area contributed by atoms with Crippen molar-refractivity contribution in [2.45, 2.75) is 44.7 Å². The summed E-state index contributed by atoms with van der Waals surface area (Å²) in [5, 5.41) is 8.05. The van der Waals surface area contributed by atoms with Crippen molar-refractivity contribution in [2.75, 3.05) is 29.4 Å². The summed E-state index contributed by atoms with van der Waals surface area (Å²) in [6.07, 6.45) is 5.19. The van der Waals surface area contributed by atoms with Crippen LogP contribution in [0, 0.1) is 5.82 Å². The Bertz CT molecular complexity index is 1440. The average molecular weight is 500 g/mol. The molecule has 8 nitrogen and oxygen atoms in total. The molecule has 4 aromatic rings. The first-order chi connectivity index (χ1) is 18.1. The number of pyridine rings is 1. The number of carbonyl (C=O) groups is 1. The standard InChI is InChI=1S/C28H30FN7O/c1-2-28(37)31-21-13-15-34(18-21)26-10-4-8-22(32-26)24-17-30-25-11-12-27(33-36(24)25)35-14-5-9-23(35)19-6-3-7-20(29)16-19/h3-4,6-8,10-12,16-17,21,23H,2,5,9,13-15,18H2,1H3,(H,31,37). The van der Waals surface area contributed by atoms with Crippen molar-refractivity contribution >= 4 is 23.2 Å². The van der Waals surface area contributed by atoms with E-state index in [0.29, 0.717) is 6.42 Å². The van der Waals surface area contributed by atoms with Crippen molar-refractivity contribution in [1.29, 1.82) is 0 Å². The zero-order valence-corrected chi connectivity index (χ0v) is 20.8. The third-order valence-electron chi connectivity index (χ3n) is 7.32. The molecule has 6 rings (SSSR count). The lowest BCUT2D eigenvalue weighted by atomic mass is 10.0. The van der Waals surface area contributed by atoms with E-state index in [0.717, 1.165) is 73.1 Å². The van der Waals surface area contributed by atoms with Crippen LogP contribution in [0.1, 0.15) is 44.2 Å². The molecule has 2 unspecified atom stereocenters. The fraction of sp³-hybridized carbons (Fsp3) is 0.357. The maximum Gasteiger partial charge on any atom is 0.219 e. The molecule has 2 aliphatic rings. The molecule has 0 aliphatic carbocycles. The van der Waals surface area contributed by atoms with Crippen LogP contribution in [0.25, 0.3) is 17.0 Å². The molecule has 2 saturated heterocycles. The van der Waals surface area contributed by atoms with Gasteiger partial charge in [0, 0.05) is 32.1 Å². The highest BCUT2D eigenvalue weighted by molar-refractivity contribution is 5.76. The van der Waals surface area contributed by atoms with Crippen LogP contribution >= 0.6 is 0 Å². The molecule has 2 atom stereocenters. The lowest BCUT2D eigenvalue weighted by molar-refractivity contribution is -0.121. The van der Waals surface area contributed by atoms with Gasteiger partial charge in [0.15, 0.2) is 5.65 Å². The second kappa shape index (κ2) is 9.80. The van der Waals surface area contributed by atoms with E-state index in [1.165, 1.54) is 6.07 Å². The topological polar surface area (TPSA) is 78.7 Å². The van der Waals surface area contributed by atoms with E-state index in [9.17, 15) is 9.18 Å². The summed E-state index contributed by atoms with van der Waals surface area (Å²) in [6.45, 7) is 4.32. The second-order valence-corrected chi connectivity index (χ2v) is 9.75. The summed E-state index contributed by atoms with van der Waals surface area (Å²) in [6, 6.07) is 17.0. The maximum atomic E-state index is 13.9. The van der Waals surface area contributed by atoms with Gasteiger partial charge >= 0.3 is 0 Å². The number of fused-ring (bicyclic) bond motifs is 1. The van der Waals surface area contributed by atoms with E-state index in [2.05, 4.69) is 20.1 Å². The molecule has 2 fully saturated rings. The van der Waals surface area contributed by atoms with Crippen molar-refractivity contribution in [3.8, 4) is 11.4 Å². The molecular weight excluding hydrogens is 469 g/mol. The molecular formula is C28H30FN7O. The van der Waals surface area contributed by atoms with Crippen LogP contribution in [0.3, 0.4) is 0 Å². The number of halogens is 1. The molecule has 0 spiro atoms. The van der Waals surface area contributed by atoms with E-state index >= 15 is 0 Å². The van der Waals surface area contributed by atoms with Gasteiger partial charge in [-0.1, -0.05) is 25.1 Å². The Morgan fingerprint density at radius 3 is 2.84 bits per heavy atom. The third-order valence-corrected chi connectivity index (χ3v) is 7.32. The highest BCUT2D eigenvalue weighted by Crippen LogP contribution is 2.35. The quantitative estimate of drug-likeness (QED) is 0.424. The number of imidazole rings is 1. The van der Waals surface area contributed by atoms with Gasteiger partial charge in [-0.05, 0) is 61.2 Å². The zero-order chi connectivity index (χ0) is 25.4. The molecule has 190 valence electrons. The molecule has 0 radical (unpaired) electrons. The summed E-state index contributed by atoms with van der Waals surface area (Å²) in [7, 11) is 0. The number of nitrogens with one attached hydrogen (secondary N) is 1. The zero-order valence-electron chi connectivity index (χ0n) is 20.8. The van der Waals surface area contributed by atoms with Gasteiger partial charge in [0.1, 0.15) is 23.1 Å². The highest BCUT2D eigenvalue weighted by atomic mass is 19.1. The summed E-state index contributed by atoms with van der Waals surface area (Å²) in [4.78, 5) is 25.8. The highest BCUT2D eigenvalue weighted by Gasteiger charge is 2.28. The van der Waals surface area contributed by atoms with E-state index in [4.69, 9.17) is 10.1 Å². The number of rotatable bonds is 6. The number of carbonyl (C=O) groups excluding carboxylic acids is 1. The maximum absolute atomic E-state index is 13.9. The molecule has 9 heteroatoms. The summed E-state index contributed by atoms with van der Waals surface area (Å²) in [5.74, 6) is 1.58. The molecule has 2 aliphatic heterocycles. The van der Waals surface area contributed by atoms with Crippen LogP contribution in [-0.2, 0) is 4.79 Å². The number of hydrogen-bond donors (Lipinski definition) is 1. The fourth-order valence-electron chi connectivity index (χ4n) is 5.45. The number of amides is 1. The molecule has 1 amide bonds. The molecule has 0 bridgehead atoms. The fourth-order valence-corrected chi connectivity index (χ4v) is 5.45. The van der Waals surface area contributed by atoms with E-state index < -0.39 is 0 Å². The van der Waals surface area contributed by atoms with Crippen LogP contribution in [0.15, 0.2) is 60.8 Å². The largest absolute Gasteiger partial charge is 0.354 e. The predicted molar refractivity (Wildman–Crippen MR) is 141 cm³/mol. The Morgan fingerprint density at radius 1 is 1.08 bits per heavy atom. The smallest absolute Gasteiger partial charge is 0.219 e. The van der Waals surface area contributed by atoms with Gasteiger partial charge in [-0.3, -0.25) is 4.79 Å². The Morgan fingerprint density at radius 2 is 1.97 bits per heavy atom. The van der Waals surface area contributed by atoms with Gasteiger partial charge in [-0.15, -0.1) is 5.10 Å². The van der Waals surface area contributed by atoms with Crippen molar-refractivity contribution in [2.24, 2.45) is 0 Å². The Kier molecular flexibility index (Phi) is 6.20. The molecule has 5 heterocycles. The lowest BCUT2D eigenvalue weighted by Gasteiger charge is -2.26. The average Bonchev–Trinajstić information content (AvgIpc) is 3.68. The number of aromatic nitrogens is 4. The first-order valence-electron chi connectivity index (χ1n) is 13.0. The normalized spacial score (nSPS) is 19.6. The van der Waals surface area contributed by atoms with Gasteiger partial charge < -0.3 is 15.1 Å². The first-order valence-corrected chi connectivity index (χ1v) is 13.0. The molecule has 3 aromatic heterocycles. The van der Waals surface area contributed by atoms with Crippen LogP contribution in [-0.4, -0.2) is 51.2 Å². The number of nitrogens with zero attached hydrogens (tertiary/aromatic N) is 6. The lowest BCUT2D eigenvalue weighted by Crippen LogP contribution is -2.36. The van der Waals surface area contributed by atoms with Gasteiger partial charge in [-0.25, -0.2) is 18.9 Å². The van der Waals surface area contributed by atoms with Crippen LogP contribution in [0.2, 0.25) is 0 Å². The minimum absolute atomic E-state index is 0.0822. The Labute approximate surface area is 215 Å². The van der Waals surface area contributed by atoms with Gasteiger partial charge in [0.25, 0.3) is 0 Å². The first kappa shape index (κ1) is 23.4. The van der Waals surface area contributed by atoms with Crippen molar-refractivity contribution < 1.29 is 9.18 Å². The predicted octanol–water partition coefficient (Wildman–Crippen LogP) is 4.38. The van der Waals surface area contributed by atoms with Crippen molar-refractivity contribution in [1.82, 2.24) is 24.9 Å². The molecule has 1 aromatic carbocycles. The second-order valence-electron chi connectivity index (χ2n) is 9.75. The van der Waals surface area contributed by atoms with Crippen molar-refractivity contribution in [3.63, 3.8) is 0 Å². The number of hydrogen-bond acceptors (Lipinski definition) is 6. The molecule has 37 heavy (non-hydrogen) atoms. The monoisotopic (exact) mass is 499 g/mol. The minimum atomic E-state index is -0.215. The van der Waals surface area contributed by atoms with Crippen LogP contribution in [0.5, 0.6) is 0 Å².